The van der Waals surface area contributed by atoms with Crippen LogP contribution in [-0.2, 0) is 10.5 Å². The van der Waals surface area contributed by atoms with Crippen molar-refractivity contribution < 1.29 is 9.18 Å². The van der Waals surface area contributed by atoms with Gasteiger partial charge in [-0.3, -0.25) is 9.59 Å². The summed E-state index contributed by atoms with van der Waals surface area (Å²) in [7, 11) is 0. The third-order valence-corrected chi connectivity index (χ3v) is 5.54. The summed E-state index contributed by atoms with van der Waals surface area (Å²) in [5, 5.41) is 0.597. The van der Waals surface area contributed by atoms with Gasteiger partial charge in [0, 0.05) is 30.5 Å². The van der Waals surface area contributed by atoms with Gasteiger partial charge in [0.05, 0.1) is 10.9 Å². The van der Waals surface area contributed by atoms with Gasteiger partial charge in [-0.1, -0.05) is 23.9 Å². The maximum absolute atomic E-state index is 13.4. The molecule has 2 N–H and O–H groups in total. The van der Waals surface area contributed by atoms with Crippen molar-refractivity contribution in [1.82, 2.24) is 9.66 Å². The van der Waals surface area contributed by atoms with E-state index in [9.17, 15) is 14.0 Å². The Labute approximate surface area is 158 Å². The van der Waals surface area contributed by atoms with Crippen LogP contribution in [0.4, 0.5) is 10.1 Å². The van der Waals surface area contributed by atoms with Gasteiger partial charge in [0.15, 0.2) is 5.16 Å². The minimum Gasteiger partial charge on any atom is -0.334 e. The number of hydrogen-bond donors (Lipinski definition) is 1. The smallest absolute Gasteiger partial charge is 0.280 e. The topological polar surface area (TPSA) is 81.2 Å². The zero-order valence-corrected chi connectivity index (χ0v) is 15.2. The maximum atomic E-state index is 13.4. The minimum absolute atomic E-state index is 0.150. The number of nitrogen functional groups attached to an aromatic ring is 1. The molecule has 1 amide bonds. The molecule has 4 rings (SSSR count). The van der Waals surface area contributed by atoms with E-state index >= 15 is 0 Å². The summed E-state index contributed by atoms with van der Waals surface area (Å²) in [5.74, 6) is 6.09. The lowest BCUT2D eigenvalue weighted by atomic mass is 10.2. The van der Waals surface area contributed by atoms with Gasteiger partial charge in [-0.05, 0) is 36.2 Å². The van der Waals surface area contributed by atoms with Crippen LogP contribution >= 0.6 is 11.8 Å². The molecule has 0 saturated carbocycles. The highest BCUT2D eigenvalue weighted by Crippen LogP contribution is 2.25. The molecular weight excluding hydrogens is 367 g/mol. The van der Waals surface area contributed by atoms with Crippen molar-refractivity contribution in [2.45, 2.75) is 23.8 Å². The zero-order chi connectivity index (χ0) is 19.0. The van der Waals surface area contributed by atoms with Gasteiger partial charge < -0.3 is 10.7 Å². The molecule has 0 radical (unpaired) electrons. The highest BCUT2D eigenvalue weighted by Gasteiger charge is 2.21. The van der Waals surface area contributed by atoms with Gasteiger partial charge in [0.1, 0.15) is 5.82 Å². The predicted molar refractivity (Wildman–Crippen MR) is 104 cm³/mol. The van der Waals surface area contributed by atoms with Crippen LogP contribution in [0.3, 0.4) is 0 Å². The highest BCUT2D eigenvalue weighted by molar-refractivity contribution is 7.98. The molecule has 0 atom stereocenters. The Balaban J connectivity index is 1.54. The SMILES string of the molecule is Nn1c(SCc2ccc(N3CCCC3=O)cc2)nc2cc(F)ccc2c1=O. The standard InChI is InChI=1S/C19H17FN4O2S/c20-13-5-8-15-16(10-13)22-19(24(21)18(15)26)27-11-12-3-6-14(7-4-12)23-9-1-2-17(23)25/h3-8,10H,1-2,9,11,21H2. The number of anilines is 1. The van der Waals surface area contributed by atoms with E-state index in [4.69, 9.17) is 5.84 Å². The van der Waals surface area contributed by atoms with Crippen LogP contribution in [0.15, 0.2) is 52.4 Å². The predicted octanol–water partition coefficient (Wildman–Crippen LogP) is 2.67. The van der Waals surface area contributed by atoms with Gasteiger partial charge in [0.2, 0.25) is 5.91 Å². The molecule has 3 aromatic rings. The van der Waals surface area contributed by atoms with Crippen molar-refractivity contribution in [3.8, 4) is 0 Å². The van der Waals surface area contributed by atoms with Crippen LogP contribution in [0.25, 0.3) is 10.9 Å². The van der Waals surface area contributed by atoms with Gasteiger partial charge in [0.25, 0.3) is 5.56 Å². The minimum atomic E-state index is -0.452. The van der Waals surface area contributed by atoms with E-state index in [1.165, 1.54) is 30.0 Å². The van der Waals surface area contributed by atoms with Crippen LogP contribution < -0.4 is 16.3 Å². The largest absolute Gasteiger partial charge is 0.334 e. The average molecular weight is 384 g/mol. The first-order valence-corrected chi connectivity index (χ1v) is 9.51. The van der Waals surface area contributed by atoms with E-state index in [-0.39, 0.29) is 16.8 Å². The monoisotopic (exact) mass is 384 g/mol. The van der Waals surface area contributed by atoms with Crippen LogP contribution in [-0.4, -0.2) is 22.1 Å². The van der Waals surface area contributed by atoms with E-state index in [0.29, 0.717) is 17.3 Å². The molecule has 6 nitrogen and oxygen atoms in total. The number of rotatable bonds is 4. The van der Waals surface area contributed by atoms with Crippen molar-refractivity contribution in [2.24, 2.45) is 0 Å². The Bertz CT molecular complexity index is 1080. The summed E-state index contributed by atoms with van der Waals surface area (Å²) in [6.07, 6.45) is 1.48. The average Bonchev–Trinajstić information content (AvgIpc) is 3.10. The maximum Gasteiger partial charge on any atom is 0.280 e. The summed E-state index contributed by atoms with van der Waals surface area (Å²) in [5.41, 5.74) is 1.77. The molecule has 1 saturated heterocycles. The Kier molecular flexibility index (Phi) is 4.57. The third kappa shape index (κ3) is 3.40. The van der Waals surface area contributed by atoms with E-state index < -0.39 is 11.4 Å². The number of halogens is 1. The molecular formula is C19H17FN4O2S. The first-order valence-electron chi connectivity index (χ1n) is 8.52. The quantitative estimate of drug-likeness (QED) is 0.425. The summed E-state index contributed by atoms with van der Waals surface area (Å²) in [6.45, 7) is 0.754. The first kappa shape index (κ1) is 17.5. The fourth-order valence-electron chi connectivity index (χ4n) is 3.09. The van der Waals surface area contributed by atoms with Crippen LogP contribution in [0.5, 0.6) is 0 Å². The lowest BCUT2D eigenvalue weighted by Crippen LogP contribution is -2.29. The Morgan fingerprint density at radius 2 is 1.93 bits per heavy atom. The Hall–Kier alpha value is -2.87. The molecule has 2 aromatic carbocycles. The van der Waals surface area contributed by atoms with Crippen molar-refractivity contribution in [1.29, 1.82) is 0 Å². The molecule has 0 spiro atoms. The number of thioether (sulfide) groups is 1. The zero-order valence-electron chi connectivity index (χ0n) is 14.4. The second kappa shape index (κ2) is 7.03. The molecule has 0 aliphatic carbocycles. The first-order chi connectivity index (χ1) is 13.0. The van der Waals surface area contributed by atoms with Gasteiger partial charge in [-0.2, -0.15) is 0 Å². The molecule has 8 heteroatoms. The molecule has 1 aliphatic heterocycles. The van der Waals surface area contributed by atoms with Gasteiger partial charge >= 0.3 is 0 Å². The number of hydrogen-bond acceptors (Lipinski definition) is 5. The number of carbonyl (C=O) groups is 1. The summed E-state index contributed by atoms with van der Waals surface area (Å²) in [6, 6.07) is 11.5. The lowest BCUT2D eigenvalue weighted by Gasteiger charge is -2.16. The number of fused-ring (bicyclic) bond motifs is 1. The molecule has 1 aromatic heterocycles. The number of aromatic nitrogens is 2. The van der Waals surface area contributed by atoms with E-state index in [1.807, 2.05) is 24.3 Å². The highest BCUT2D eigenvalue weighted by atomic mass is 32.2. The number of nitrogens with zero attached hydrogens (tertiary/aromatic N) is 3. The second-order valence-electron chi connectivity index (χ2n) is 6.34. The molecule has 2 heterocycles. The van der Waals surface area contributed by atoms with Gasteiger partial charge in [-0.15, -0.1) is 0 Å². The number of carbonyl (C=O) groups excluding carboxylic acids is 1. The fourth-order valence-corrected chi connectivity index (χ4v) is 3.97. The lowest BCUT2D eigenvalue weighted by molar-refractivity contribution is -0.117. The van der Waals surface area contributed by atoms with E-state index in [1.54, 1.807) is 4.90 Å². The summed E-state index contributed by atoms with van der Waals surface area (Å²) >= 11 is 1.30. The molecule has 1 aliphatic rings. The van der Waals surface area contributed by atoms with Crippen molar-refractivity contribution >= 4 is 34.3 Å². The number of benzene rings is 2. The van der Waals surface area contributed by atoms with Crippen LogP contribution in [0.2, 0.25) is 0 Å². The fraction of sp³-hybridized carbons (Fsp3) is 0.211. The van der Waals surface area contributed by atoms with E-state index in [2.05, 4.69) is 4.98 Å². The molecule has 138 valence electrons. The van der Waals surface area contributed by atoms with Gasteiger partial charge in [-0.25, -0.2) is 14.1 Å². The van der Waals surface area contributed by atoms with Crippen molar-refractivity contribution in [3.63, 3.8) is 0 Å². The Morgan fingerprint density at radius 3 is 2.63 bits per heavy atom. The number of nitrogens with two attached hydrogens (primary N) is 1. The Morgan fingerprint density at radius 1 is 1.15 bits per heavy atom. The third-order valence-electron chi connectivity index (χ3n) is 4.52. The van der Waals surface area contributed by atoms with Crippen molar-refractivity contribution in [3.05, 3.63) is 64.2 Å². The summed E-state index contributed by atoms with van der Waals surface area (Å²) < 4.78 is 14.4. The molecule has 27 heavy (non-hydrogen) atoms. The summed E-state index contributed by atoms with van der Waals surface area (Å²) in [4.78, 5) is 30.2. The molecule has 0 bridgehead atoms. The van der Waals surface area contributed by atoms with Crippen LogP contribution in [0, 0.1) is 5.82 Å². The molecule has 0 unspecified atom stereocenters. The van der Waals surface area contributed by atoms with Crippen LogP contribution in [0.1, 0.15) is 18.4 Å². The van der Waals surface area contributed by atoms with Crippen molar-refractivity contribution in [2.75, 3.05) is 17.3 Å². The second-order valence-corrected chi connectivity index (χ2v) is 7.28. The van der Waals surface area contributed by atoms with E-state index in [0.717, 1.165) is 28.9 Å². The normalized spacial score (nSPS) is 14.3. The molecule has 1 fully saturated rings. The number of amides is 1.